The fourth-order valence-corrected chi connectivity index (χ4v) is 2.78. The molecular weight excluding hydrogens is 312 g/mol. The summed E-state index contributed by atoms with van der Waals surface area (Å²) in [5.41, 5.74) is 5.68. The third kappa shape index (κ3) is 2.68. The van der Waals surface area contributed by atoms with Crippen molar-refractivity contribution in [3.05, 3.63) is 64.3 Å². The molecular formula is C17H15BrN2. The van der Waals surface area contributed by atoms with Gasteiger partial charge in [0.1, 0.15) is 0 Å². The fraction of sp³-hybridized carbons (Fsp3) is 0.118. The zero-order chi connectivity index (χ0) is 14.1. The summed E-state index contributed by atoms with van der Waals surface area (Å²) in [6.07, 6.45) is 1.83. The molecule has 1 heterocycles. The minimum absolute atomic E-state index is 0.980. The van der Waals surface area contributed by atoms with E-state index in [1.54, 1.807) is 0 Å². The van der Waals surface area contributed by atoms with Crippen LogP contribution in [0, 0.1) is 13.8 Å². The van der Waals surface area contributed by atoms with E-state index in [1.807, 2.05) is 24.4 Å². The summed E-state index contributed by atoms with van der Waals surface area (Å²) in [7, 11) is 0. The highest BCUT2D eigenvalue weighted by atomic mass is 79.9. The Bertz CT molecular complexity index is 761. The number of benzene rings is 2. The summed E-state index contributed by atoms with van der Waals surface area (Å²) in [6, 6.07) is 14.6. The number of aryl methyl sites for hydroxylation is 2. The van der Waals surface area contributed by atoms with Crippen molar-refractivity contribution in [3.63, 3.8) is 0 Å². The summed E-state index contributed by atoms with van der Waals surface area (Å²) in [6.45, 7) is 4.22. The van der Waals surface area contributed by atoms with Crippen molar-refractivity contribution in [2.45, 2.75) is 13.8 Å². The van der Waals surface area contributed by atoms with Crippen LogP contribution >= 0.6 is 15.9 Å². The van der Waals surface area contributed by atoms with Crippen molar-refractivity contribution in [1.29, 1.82) is 0 Å². The Morgan fingerprint density at radius 2 is 1.70 bits per heavy atom. The standard InChI is InChI=1S/C17H15BrN2/c1-11-7-12(2)9-14(8-11)20-16-5-6-19-17-10-13(18)3-4-15(16)17/h3-10H,1-2H3,(H,19,20). The Hall–Kier alpha value is -1.87. The molecule has 0 aliphatic heterocycles. The highest BCUT2D eigenvalue weighted by Crippen LogP contribution is 2.27. The molecule has 0 radical (unpaired) electrons. The maximum absolute atomic E-state index is 4.41. The highest BCUT2D eigenvalue weighted by molar-refractivity contribution is 9.10. The van der Waals surface area contributed by atoms with Crippen LogP contribution < -0.4 is 5.32 Å². The predicted molar refractivity (Wildman–Crippen MR) is 88.6 cm³/mol. The minimum Gasteiger partial charge on any atom is -0.355 e. The second-order valence-electron chi connectivity index (χ2n) is 5.02. The first kappa shape index (κ1) is 13.1. The number of pyridine rings is 1. The molecule has 1 aromatic heterocycles. The van der Waals surface area contributed by atoms with Crippen LogP contribution in [0.2, 0.25) is 0 Å². The van der Waals surface area contributed by atoms with Gasteiger partial charge in [-0.2, -0.15) is 0 Å². The molecule has 2 aromatic carbocycles. The van der Waals surface area contributed by atoms with Crippen LogP contribution in [0.15, 0.2) is 53.1 Å². The number of nitrogens with one attached hydrogen (secondary N) is 1. The van der Waals surface area contributed by atoms with Crippen LogP contribution in [-0.4, -0.2) is 4.98 Å². The van der Waals surface area contributed by atoms with Gasteiger partial charge in [0.2, 0.25) is 0 Å². The molecule has 3 aromatic rings. The Labute approximate surface area is 127 Å². The number of fused-ring (bicyclic) bond motifs is 1. The van der Waals surface area contributed by atoms with E-state index in [0.717, 1.165) is 26.8 Å². The van der Waals surface area contributed by atoms with Crippen molar-refractivity contribution < 1.29 is 0 Å². The Balaban J connectivity index is 2.06. The smallest absolute Gasteiger partial charge is 0.0734 e. The quantitative estimate of drug-likeness (QED) is 0.685. The van der Waals surface area contributed by atoms with Gasteiger partial charge in [-0.15, -0.1) is 0 Å². The molecule has 0 amide bonds. The Morgan fingerprint density at radius 3 is 2.45 bits per heavy atom. The molecule has 0 saturated carbocycles. The lowest BCUT2D eigenvalue weighted by Gasteiger charge is -2.11. The number of halogens is 1. The topological polar surface area (TPSA) is 24.9 Å². The maximum Gasteiger partial charge on any atom is 0.0734 e. The number of hydrogen-bond donors (Lipinski definition) is 1. The molecule has 1 N–H and O–H groups in total. The average Bonchev–Trinajstić information content (AvgIpc) is 2.37. The lowest BCUT2D eigenvalue weighted by molar-refractivity contribution is 1.37. The molecule has 0 saturated heterocycles. The van der Waals surface area contributed by atoms with Gasteiger partial charge >= 0.3 is 0 Å². The van der Waals surface area contributed by atoms with Gasteiger partial charge in [-0.1, -0.05) is 22.0 Å². The fourth-order valence-electron chi connectivity index (χ4n) is 2.43. The lowest BCUT2D eigenvalue weighted by Crippen LogP contribution is -1.94. The third-order valence-electron chi connectivity index (χ3n) is 3.21. The SMILES string of the molecule is Cc1cc(C)cc(Nc2ccnc3cc(Br)ccc23)c1. The summed E-state index contributed by atoms with van der Waals surface area (Å²) >= 11 is 3.48. The largest absolute Gasteiger partial charge is 0.355 e. The number of anilines is 2. The third-order valence-corrected chi connectivity index (χ3v) is 3.70. The van der Waals surface area contributed by atoms with Gasteiger partial charge in [-0.25, -0.2) is 0 Å². The summed E-state index contributed by atoms with van der Waals surface area (Å²) in [5, 5.41) is 4.61. The maximum atomic E-state index is 4.41. The Morgan fingerprint density at radius 1 is 0.950 bits per heavy atom. The van der Waals surface area contributed by atoms with Gasteiger partial charge < -0.3 is 5.32 Å². The van der Waals surface area contributed by atoms with E-state index < -0.39 is 0 Å². The van der Waals surface area contributed by atoms with Gasteiger partial charge in [0.15, 0.2) is 0 Å². The van der Waals surface area contributed by atoms with E-state index >= 15 is 0 Å². The average molecular weight is 327 g/mol. The van der Waals surface area contributed by atoms with E-state index in [9.17, 15) is 0 Å². The van der Waals surface area contributed by atoms with Crippen LogP contribution in [0.3, 0.4) is 0 Å². The van der Waals surface area contributed by atoms with Gasteiger partial charge in [0.05, 0.1) is 5.52 Å². The zero-order valence-electron chi connectivity index (χ0n) is 11.4. The predicted octanol–water partition coefficient (Wildman–Crippen LogP) is 5.36. The molecule has 0 fully saturated rings. The molecule has 0 unspecified atom stereocenters. The molecule has 2 nitrogen and oxygen atoms in total. The van der Waals surface area contributed by atoms with Crippen molar-refractivity contribution in [3.8, 4) is 0 Å². The van der Waals surface area contributed by atoms with E-state index in [2.05, 4.69) is 64.3 Å². The molecule has 0 aliphatic rings. The number of aromatic nitrogens is 1. The van der Waals surface area contributed by atoms with Crippen LogP contribution in [0.5, 0.6) is 0 Å². The van der Waals surface area contributed by atoms with Crippen molar-refractivity contribution in [2.24, 2.45) is 0 Å². The summed E-state index contributed by atoms with van der Waals surface area (Å²) < 4.78 is 1.04. The monoisotopic (exact) mass is 326 g/mol. The Kier molecular flexibility index (Phi) is 3.45. The van der Waals surface area contributed by atoms with E-state index in [0.29, 0.717) is 0 Å². The van der Waals surface area contributed by atoms with Crippen LogP contribution in [0.1, 0.15) is 11.1 Å². The van der Waals surface area contributed by atoms with Crippen LogP contribution in [0.4, 0.5) is 11.4 Å². The first-order valence-corrected chi connectivity index (χ1v) is 7.31. The van der Waals surface area contributed by atoms with Gasteiger partial charge in [0.25, 0.3) is 0 Å². The van der Waals surface area contributed by atoms with Gasteiger partial charge in [0, 0.05) is 27.4 Å². The van der Waals surface area contributed by atoms with Gasteiger partial charge in [-0.3, -0.25) is 4.98 Å². The van der Waals surface area contributed by atoms with Crippen molar-refractivity contribution in [1.82, 2.24) is 4.98 Å². The zero-order valence-corrected chi connectivity index (χ0v) is 13.0. The number of hydrogen-bond acceptors (Lipinski definition) is 2. The molecule has 3 rings (SSSR count). The van der Waals surface area contributed by atoms with Crippen LogP contribution in [0.25, 0.3) is 10.9 Å². The second kappa shape index (κ2) is 5.25. The second-order valence-corrected chi connectivity index (χ2v) is 5.94. The van der Waals surface area contributed by atoms with E-state index in [4.69, 9.17) is 0 Å². The molecule has 0 aliphatic carbocycles. The minimum atomic E-state index is 0.980. The number of nitrogens with zero attached hydrogens (tertiary/aromatic N) is 1. The molecule has 20 heavy (non-hydrogen) atoms. The number of rotatable bonds is 2. The van der Waals surface area contributed by atoms with E-state index in [1.165, 1.54) is 11.1 Å². The normalized spacial score (nSPS) is 10.8. The molecule has 100 valence electrons. The molecule has 3 heteroatoms. The highest BCUT2D eigenvalue weighted by Gasteiger charge is 2.03. The summed E-state index contributed by atoms with van der Waals surface area (Å²) in [4.78, 5) is 4.41. The molecule has 0 atom stereocenters. The van der Waals surface area contributed by atoms with Crippen LogP contribution in [-0.2, 0) is 0 Å². The van der Waals surface area contributed by atoms with E-state index in [-0.39, 0.29) is 0 Å². The van der Waals surface area contributed by atoms with Gasteiger partial charge in [-0.05, 0) is 61.4 Å². The van der Waals surface area contributed by atoms with Crippen molar-refractivity contribution >= 4 is 38.2 Å². The first-order valence-electron chi connectivity index (χ1n) is 6.51. The van der Waals surface area contributed by atoms with Crippen molar-refractivity contribution in [2.75, 3.05) is 5.32 Å². The summed E-state index contributed by atoms with van der Waals surface area (Å²) in [5.74, 6) is 0. The first-order chi connectivity index (χ1) is 9.61. The molecule has 0 spiro atoms. The lowest BCUT2D eigenvalue weighted by atomic mass is 10.1. The molecule has 0 bridgehead atoms.